The van der Waals surface area contributed by atoms with Crippen LogP contribution in [0, 0.1) is 0 Å². The number of hydrogen-bond acceptors (Lipinski definition) is 4. The van der Waals surface area contributed by atoms with Crippen molar-refractivity contribution < 1.29 is 14.1 Å². The first-order valence-corrected chi connectivity index (χ1v) is 4.94. The second-order valence-electron chi connectivity index (χ2n) is 3.21. The predicted molar refractivity (Wildman–Crippen MR) is 49.4 cm³/mol. The van der Waals surface area contributed by atoms with Crippen LogP contribution in [-0.2, 0) is 4.74 Å². The van der Waals surface area contributed by atoms with E-state index in [1.807, 2.05) is 0 Å². The first kappa shape index (κ1) is 9.52. The van der Waals surface area contributed by atoms with Crippen molar-refractivity contribution in [3.05, 3.63) is 16.5 Å². The third-order valence-electron chi connectivity index (χ3n) is 2.12. The minimum Gasteiger partial charge on any atom is -0.462 e. The Kier molecular flexibility index (Phi) is 2.46. The molecule has 1 aromatic rings. The lowest BCUT2D eigenvalue weighted by Gasteiger charge is -1.99. The van der Waals surface area contributed by atoms with E-state index in [0.29, 0.717) is 23.8 Å². The molecule has 1 saturated carbocycles. The quantitative estimate of drug-likeness (QED) is 0.727. The number of halogens is 1. The van der Waals surface area contributed by atoms with Gasteiger partial charge in [-0.3, -0.25) is 0 Å². The summed E-state index contributed by atoms with van der Waals surface area (Å²) in [5.74, 6) is -0.119. The van der Waals surface area contributed by atoms with E-state index in [1.165, 1.54) is 0 Å². The van der Waals surface area contributed by atoms with E-state index >= 15 is 0 Å². The van der Waals surface area contributed by atoms with E-state index in [0.717, 1.165) is 12.8 Å². The summed E-state index contributed by atoms with van der Waals surface area (Å²) < 4.78 is 9.64. The molecule has 0 aliphatic heterocycles. The van der Waals surface area contributed by atoms with Gasteiger partial charge in [0.25, 0.3) is 0 Å². The van der Waals surface area contributed by atoms with Crippen LogP contribution < -0.4 is 0 Å². The lowest BCUT2D eigenvalue weighted by molar-refractivity contribution is 0.0524. The molecule has 0 radical (unpaired) electrons. The fourth-order valence-corrected chi connectivity index (χ4v) is 1.51. The predicted octanol–water partition coefficient (Wildman–Crippen LogP) is 2.38. The second kappa shape index (κ2) is 3.61. The molecule has 1 fully saturated rings. The lowest BCUT2D eigenvalue weighted by atomic mass is 10.2. The first-order valence-electron chi connectivity index (χ1n) is 4.56. The molecule has 76 valence electrons. The zero-order valence-electron chi connectivity index (χ0n) is 7.75. The maximum absolute atomic E-state index is 11.5. The number of rotatable bonds is 3. The van der Waals surface area contributed by atoms with Crippen molar-refractivity contribution in [3.8, 4) is 0 Å². The average Bonchev–Trinajstić information content (AvgIpc) is 2.90. The van der Waals surface area contributed by atoms with Crippen molar-refractivity contribution in [2.24, 2.45) is 0 Å². The van der Waals surface area contributed by atoms with Gasteiger partial charge in [-0.2, -0.15) is 0 Å². The fraction of sp³-hybridized carbons (Fsp3) is 0.556. The van der Waals surface area contributed by atoms with Crippen molar-refractivity contribution in [1.82, 2.24) is 5.16 Å². The van der Waals surface area contributed by atoms with Gasteiger partial charge < -0.3 is 9.26 Å². The highest BCUT2D eigenvalue weighted by molar-refractivity contribution is 6.32. The van der Waals surface area contributed by atoms with Crippen molar-refractivity contribution in [2.75, 3.05) is 6.61 Å². The van der Waals surface area contributed by atoms with Crippen molar-refractivity contribution >= 4 is 17.6 Å². The minimum atomic E-state index is -0.444. The first-order chi connectivity index (χ1) is 6.74. The maximum atomic E-state index is 11.5. The Bertz CT molecular complexity index is 357. The number of carbonyl (C=O) groups is 1. The Morgan fingerprint density at radius 2 is 2.43 bits per heavy atom. The number of aromatic nitrogens is 1. The van der Waals surface area contributed by atoms with Crippen LogP contribution in [0.25, 0.3) is 0 Å². The zero-order chi connectivity index (χ0) is 10.1. The summed E-state index contributed by atoms with van der Waals surface area (Å²) in [4.78, 5) is 11.5. The second-order valence-corrected chi connectivity index (χ2v) is 3.55. The molecule has 0 bridgehead atoms. The largest absolute Gasteiger partial charge is 0.462 e. The van der Waals surface area contributed by atoms with Crippen LogP contribution in [0.1, 0.15) is 41.7 Å². The molecule has 1 heterocycles. The summed E-state index contributed by atoms with van der Waals surface area (Å²) in [6.45, 7) is 2.07. The van der Waals surface area contributed by atoms with Crippen LogP contribution >= 0.6 is 11.6 Å². The fourth-order valence-electron chi connectivity index (χ4n) is 1.30. The van der Waals surface area contributed by atoms with Gasteiger partial charge in [0.1, 0.15) is 11.3 Å². The molecule has 1 aliphatic rings. The molecule has 0 spiro atoms. The summed E-state index contributed by atoms with van der Waals surface area (Å²) in [5.41, 5.74) is 0.949. The molecular formula is C9H10ClNO3. The van der Waals surface area contributed by atoms with Crippen LogP contribution in [0.4, 0.5) is 0 Å². The van der Waals surface area contributed by atoms with E-state index in [-0.39, 0.29) is 5.22 Å². The number of carbonyl (C=O) groups excluding carboxylic acids is 1. The van der Waals surface area contributed by atoms with E-state index in [2.05, 4.69) is 5.16 Å². The molecule has 0 unspecified atom stereocenters. The number of ether oxygens (including phenoxy) is 1. The van der Waals surface area contributed by atoms with Gasteiger partial charge in [-0.1, -0.05) is 5.16 Å². The summed E-state index contributed by atoms with van der Waals surface area (Å²) in [6, 6.07) is 0. The Hall–Kier alpha value is -1.03. The van der Waals surface area contributed by atoms with Crippen LogP contribution in [0.3, 0.4) is 0 Å². The van der Waals surface area contributed by atoms with Crippen molar-refractivity contribution in [3.63, 3.8) is 0 Å². The molecular weight excluding hydrogens is 206 g/mol. The van der Waals surface area contributed by atoms with Crippen molar-refractivity contribution in [1.29, 1.82) is 0 Å². The summed E-state index contributed by atoms with van der Waals surface area (Å²) in [6.07, 6.45) is 2.07. The van der Waals surface area contributed by atoms with Gasteiger partial charge in [-0.25, -0.2) is 4.79 Å². The van der Waals surface area contributed by atoms with E-state index in [1.54, 1.807) is 6.92 Å². The normalized spacial score (nSPS) is 15.6. The maximum Gasteiger partial charge on any atom is 0.345 e. The number of esters is 1. The average molecular weight is 216 g/mol. The Balaban J connectivity index is 2.29. The van der Waals surface area contributed by atoms with E-state index in [4.69, 9.17) is 20.9 Å². The molecule has 14 heavy (non-hydrogen) atoms. The molecule has 1 aliphatic carbocycles. The molecule has 2 rings (SSSR count). The molecule has 0 atom stereocenters. The molecule has 0 amide bonds. The highest BCUT2D eigenvalue weighted by Gasteiger charge is 2.34. The summed E-state index contributed by atoms with van der Waals surface area (Å²) in [5, 5.41) is 3.81. The molecule has 0 saturated heterocycles. The van der Waals surface area contributed by atoms with Crippen molar-refractivity contribution in [2.45, 2.75) is 25.7 Å². The third kappa shape index (κ3) is 1.62. The summed E-state index contributed by atoms with van der Waals surface area (Å²) >= 11 is 5.72. The Morgan fingerprint density at radius 3 is 3.00 bits per heavy atom. The SMILES string of the molecule is CCOC(=O)c1c(C2CC2)noc1Cl. The topological polar surface area (TPSA) is 52.3 Å². The van der Waals surface area contributed by atoms with Gasteiger partial charge in [0.05, 0.1) is 6.61 Å². The zero-order valence-corrected chi connectivity index (χ0v) is 8.50. The van der Waals surface area contributed by atoms with Gasteiger partial charge >= 0.3 is 5.97 Å². The molecule has 4 nitrogen and oxygen atoms in total. The van der Waals surface area contributed by atoms with E-state index < -0.39 is 5.97 Å². The van der Waals surface area contributed by atoms with Gasteiger partial charge in [0.2, 0.25) is 5.22 Å². The Morgan fingerprint density at radius 1 is 1.71 bits per heavy atom. The van der Waals surface area contributed by atoms with Crippen LogP contribution in [0.15, 0.2) is 4.52 Å². The van der Waals surface area contributed by atoms with Gasteiger partial charge in [0.15, 0.2) is 0 Å². The molecule has 0 aromatic carbocycles. The number of hydrogen-bond donors (Lipinski definition) is 0. The van der Waals surface area contributed by atoms with Crippen LogP contribution in [0.5, 0.6) is 0 Å². The van der Waals surface area contributed by atoms with Gasteiger partial charge in [0, 0.05) is 5.92 Å². The van der Waals surface area contributed by atoms with Gasteiger partial charge in [-0.05, 0) is 31.4 Å². The highest BCUT2D eigenvalue weighted by Crippen LogP contribution is 2.42. The standard InChI is InChI=1S/C9H10ClNO3/c1-2-13-9(12)6-7(5-3-4-5)11-14-8(6)10/h5H,2-4H2,1H3. The lowest BCUT2D eigenvalue weighted by Crippen LogP contribution is -2.06. The highest BCUT2D eigenvalue weighted by atomic mass is 35.5. The smallest absolute Gasteiger partial charge is 0.345 e. The molecule has 1 aromatic heterocycles. The Labute approximate surface area is 86.2 Å². The van der Waals surface area contributed by atoms with Gasteiger partial charge in [-0.15, -0.1) is 0 Å². The monoisotopic (exact) mass is 215 g/mol. The number of nitrogens with zero attached hydrogens (tertiary/aromatic N) is 1. The molecule has 0 N–H and O–H groups in total. The van der Waals surface area contributed by atoms with Crippen LogP contribution in [-0.4, -0.2) is 17.7 Å². The summed E-state index contributed by atoms with van der Waals surface area (Å²) in [7, 11) is 0. The van der Waals surface area contributed by atoms with Crippen LogP contribution in [0.2, 0.25) is 5.22 Å². The third-order valence-corrected chi connectivity index (χ3v) is 2.38. The molecule has 5 heteroatoms. The van der Waals surface area contributed by atoms with E-state index in [9.17, 15) is 4.79 Å². The minimum absolute atomic E-state index is 0.0327.